The highest BCUT2D eigenvalue weighted by molar-refractivity contribution is 7.99. The summed E-state index contributed by atoms with van der Waals surface area (Å²) in [6.07, 6.45) is 0. The Morgan fingerprint density at radius 2 is 1.86 bits per heavy atom. The van der Waals surface area contributed by atoms with Gasteiger partial charge >= 0.3 is 0 Å². The van der Waals surface area contributed by atoms with Crippen molar-refractivity contribution in [3.8, 4) is 0 Å². The van der Waals surface area contributed by atoms with Gasteiger partial charge in [-0.25, -0.2) is 0 Å². The second kappa shape index (κ2) is 8.61. The van der Waals surface area contributed by atoms with Gasteiger partial charge in [0.2, 0.25) is 5.91 Å². The molecule has 0 spiro atoms. The summed E-state index contributed by atoms with van der Waals surface area (Å²) in [4.78, 5) is 25.6. The first-order chi connectivity index (χ1) is 9.97. The molecule has 0 atom stereocenters. The van der Waals surface area contributed by atoms with Gasteiger partial charge in [0, 0.05) is 23.5 Å². The molecule has 1 aromatic rings. The van der Waals surface area contributed by atoms with E-state index >= 15 is 0 Å². The van der Waals surface area contributed by atoms with Crippen LogP contribution in [0.1, 0.15) is 24.2 Å². The molecule has 1 N–H and O–H groups in total. The van der Waals surface area contributed by atoms with E-state index in [0.29, 0.717) is 35.3 Å². The summed E-state index contributed by atoms with van der Waals surface area (Å²) in [5, 5.41) is 2.63. The van der Waals surface area contributed by atoms with Gasteiger partial charge in [0.05, 0.1) is 6.54 Å². The third-order valence-corrected chi connectivity index (χ3v) is 3.43. The number of amides is 2. The lowest BCUT2D eigenvalue weighted by Gasteiger charge is -2.20. The van der Waals surface area contributed by atoms with Gasteiger partial charge in [0.1, 0.15) is 0 Å². The molecule has 0 bridgehead atoms. The van der Waals surface area contributed by atoms with Gasteiger partial charge in [0.15, 0.2) is 0 Å². The number of nitrogens with one attached hydrogen (secondary N) is 1. The predicted octanol–water partition coefficient (Wildman–Crippen LogP) is 2.60. The predicted molar refractivity (Wildman–Crippen MR) is 78.6 cm³/mol. The molecule has 4 nitrogen and oxygen atoms in total. The second-order valence-electron chi connectivity index (χ2n) is 4.18. The van der Waals surface area contributed by atoms with Gasteiger partial charge in [-0.05, 0) is 38.1 Å². The Morgan fingerprint density at radius 1 is 1.24 bits per heavy atom. The number of likely N-dealkylation sites (N-methyl/N-ethyl adjacent to an activating group) is 2. The summed E-state index contributed by atoms with van der Waals surface area (Å²) in [5.41, 5.74) is 0.375. The molecule has 1 rings (SSSR count). The molecule has 0 aliphatic heterocycles. The standard InChI is InChI=1S/C14H18F2N2O2S/c1-3-17-12(19)9-18(4-2)13(20)10-5-7-11(8-6-10)21-14(15)16/h5-8,14H,3-4,9H2,1-2H3,(H,17,19). The molecule has 7 heteroatoms. The third kappa shape index (κ3) is 5.71. The maximum atomic E-state index is 12.2. The van der Waals surface area contributed by atoms with E-state index in [1.54, 1.807) is 13.8 Å². The molecule has 0 aliphatic carbocycles. The second-order valence-corrected chi connectivity index (χ2v) is 5.24. The van der Waals surface area contributed by atoms with Crippen molar-refractivity contribution in [2.24, 2.45) is 0 Å². The number of halogens is 2. The largest absolute Gasteiger partial charge is 0.355 e. The van der Waals surface area contributed by atoms with Crippen LogP contribution in [-0.2, 0) is 4.79 Å². The molecule has 116 valence electrons. The van der Waals surface area contributed by atoms with Crippen molar-refractivity contribution in [3.63, 3.8) is 0 Å². The van der Waals surface area contributed by atoms with Crippen molar-refractivity contribution in [1.29, 1.82) is 0 Å². The first kappa shape index (κ1) is 17.4. The molecule has 21 heavy (non-hydrogen) atoms. The minimum Gasteiger partial charge on any atom is -0.355 e. The zero-order valence-corrected chi connectivity index (χ0v) is 12.8. The van der Waals surface area contributed by atoms with Gasteiger partial charge in [-0.2, -0.15) is 8.78 Å². The van der Waals surface area contributed by atoms with Crippen LogP contribution in [0, 0.1) is 0 Å². The van der Waals surface area contributed by atoms with Crippen LogP contribution in [0.4, 0.5) is 8.78 Å². The number of benzene rings is 1. The molecule has 0 heterocycles. The molecule has 0 saturated carbocycles. The summed E-state index contributed by atoms with van der Waals surface area (Å²) in [6, 6.07) is 5.94. The summed E-state index contributed by atoms with van der Waals surface area (Å²) >= 11 is 0.428. The van der Waals surface area contributed by atoms with E-state index in [2.05, 4.69) is 5.32 Å². The number of rotatable bonds is 7. The maximum absolute atomic E-state index is 12.2. The molecular formula is C14H18F2N2O2S. The third-order valence-electron chi connectivity index (χ3n) is 2.70. The van der Waals surface area contributed by atoms with Gasteiger partial charge in [-0.3, -0.25) is 9.59 Å². The zero-order valence-electron chi connectivity index (χ0n) is 11.9. The van der Waals surface area contributed by atoms with Crippen molar-refractivity contribution in [3.05, 3.63) is 29.8 Å². The number of nitrogens with zero attached hydrogens (tertiary/aromatic N) is 1. The molecule has 0 aliphatic rings. The normalized spacial score (nSPS) is 10.5. The van der Waals surface area contributed by atoms with Crippen molar-refractivity contribution in [1.82, 2.24) is 10.2 Å². The first-order valence-electron chi connectivity index (χ1n) is 6.58. The van der Waals surface area contributed by atoms with Gasteiger partial charge in [0.25, 0.3) is 11.7 Å². The molecule has 0 aromatic heterocycles. The Bertz CT molecular complexity index is 480. The monoisotopic (exact) mass is 316 g/mol. The quantitative estimate of drug-likeness (QED) is 0.787. The molecule has 2 amide bonds. The number of carbonyl (C=O) groups is 2. The Morgan fingerprint density at radius 3 is 2.33 bits per heavy atom. The summed E-state index contributed by atoms with van der Waals surface area (Å²) in [5.74, 6) is -3.01. The van der Waals surface area contributed by atoms with Gasteiger partial charge in [-0.15, -0.1) is 0 Å². The van der Waals surface area contributed by atoms with Crippen LogP contribution in [0.15, 0.2) is 29.2 Å². The van der Waals surface area contributed by atoms with Crippen LogP contribution in [0.25, 0.3) is 0 Å². The van der Waals surface area contributed by atoms with Crippen LogP contribution in [0.3, 0.4) is 0 Å². The van der Waals surface area contributed by atoms with Crippen molar-refractivity contribution >= 4 is 23.6 Å². The Labute approximate surface area is 126 Å². The van der Waals surface area contributed by atoms with E-state index in [4.69, 9.17) is 0 Å². The fourth-order valence-electron chi connectivity index (χ4n) is 1.72. The van der Waals surface area contributed by atoms with E-state index in [-0.39, 0.29) is 18.4 Å². The number of hydrogen-bond donors (Lipinski definition) is 1. The van der Waals surface area contributed by atoms with Gasteiger partial charge < -0.3 is 10.2 Å². The lowest BCUT2D eigenvalue weighted by atomic mass is 10.2. The van der Waals surface area contributed by atoms with Crippen LogP contribution in [0.5, 0.6) is 0 Å². The van der Waals surface area contributed by atoms with Crippen molar-refractivity contribution < 1.29 is 18.4 Å². The SMILES string of the molecule is CCNC(=O)CN(CC)C(=O)c1ccc(SC(F)F)cc1. The fraction of sp³-hybridized carbons (Fsp3) is 0.429. The average Bonchev–Trinajstić information content (AvgIpc) is 2.44. The summed E-state index contributed by atoms with van der Waals surface area (Å²) < 4.78 is 24.4. The van der Waals surface area contributed by atoms with E-state index < -0.39 is 5.76 Å². The topological polar surface area (TPSA) is 49.4 Å². The molecule has 1 aromatic carbocycles. The summed E-state index contributed by atoms with van der Waals surface area (Å²) in [7, 11) is 0. The Hall–Kier alpha value is -1.63. The van der Waals surface area contributed by atoms with E-state index in [0.717, 1.165) is 0 Å². The molecular weight excluding hydrogens is 298 g/mol. The maximum Gasteiger partial charge on any atom is 0.288 e. The van der Waals surface area contributed by atoms with Gasteiger partial charge in [-0.1, -0.05) is 11.8 Å². The average molecular weight is 316 g/mol. The van der Waals surface area contributed by atoms with E-state index in [9.17, 15) is 18.4 Å². The highest BCUT2D eigenvalue weighted by Gasteiger charge is 2.17. The molecule has 0 unspecified atom stereocenters. The minimum atomic E-state index is -2.49. The first-order valence-corrected chi connectivity index (χ1v) is 7.46. The molecule has 0 radical (unpaired) electrons. The molecule has 0 saturated heterocycles. The zero-order chi connectivity index (χ0) is 15.8. The highest BCUT2D eigenvalue weighted by Crippen LogP contribution is 2.25. The lowest BCUT2D eigenvalue weighted by molar-refractivity contribution is -0.121. The number of alkyl halides is 2. The Kier molecular flexibility index (Phi) is 7.14. The lowest BCUT2D eigenvalue weighted by Crippen LogP contribution is -2.40. The highest BCUT2D eigenvalue weighted by atomic mass is 32.2. The van der Waals surface area contributed by atoms with Crippen molar-refractivity contribution in [2.45, 2.75) is 24.5 Å². The van der Waals surface area contributed by atoms with Crippen LogP contribution in [0.2, 0.25) is 0 Å². The number of hydrogen-bond acceptors (Lipinski definition) is 3. The van der Waals surface area contributed by atoms with Crippen LogP contribution >= 0.6 is 11.8 Å². The fourth-order valence-corrected chi connectivity index (χ4v) is 2.21. The Balaban J connectivity index is 2.73. The number of carbonyl (C=O) groups excluding carboxylic acids is 2. The van der Waals surface area contributed by atoms with Crippen LogP contribution in [-0.4, -0.2) is 42.1 Å². The van der Waals surface area contributed by atoms with Crippen molar-refractivity contribution in [2.75, 3.05) is 19.6 Å². The summed E-state index contributed by atoms with van der Waals surface area (Å²) in [6.45, 7) is 4.46. The minimum absolute atomic E-state index is 0.0172. The smallest absolute Gasteiger partial charge is 0.288 e. The van der Waals surface area contributed by atoms with Crippen LogP contribution < -0.4 is 5.32 Å². The van der Waals surface area contributed by atoms with E-state index in [1.807, 2.05) is 0 Å². The number of thioether (sulfide) groups is 1. The molecule has 0 fully saturated rings. The van der Waals surface area contributed by atoms with E-state index in [1.165, 1.54) is 29.2 Å².